The standard InChI is InChI=1S/C64H40N2O3/c1-3-14-41(15-4-1)43-28-32-46(33-29-43)65(56-24-12-22-54-50-19-7-9-26-58(50)68-63(54)56)48-36-37-52-53-21-11-18-45-38-49(40-61(62(45)53)67-60(52)39-48)66(47-34-30-44(31-35-47)42-16-5-2-6-17-42)57-25-13-23-55-51-20-8-10-27-59(51)69-64(55)57/h1-40H. The summed E-state index contributed by atoms with van der Waals surface area (Å²) in [6.07, 6.45) is 0. The maximum atomic E-state index is 7.20. The van der Waals surface area contributed by atoms with Gasteiger partial charge in [-0.25, -0.2) is 0 Å². The van der Waals surface area contributed by atoms with Crippen molar-refractivity contribution in [2.75, 3.05) is 9.80 Å². The summed E-state index contributed by atoms with van der Waals surface area (Å²) in [6, 6.07) is 85.4. The molecule has 0 saturated heterocycles. The minimum absolute atomic E-state index is 0.769. The van der Waals surface area contributed by atoms with Crippen molar-refractivity contribution in [3.63, 3.8) is 0 Å². The van der Waals surface area contributed by atoms with Crippen LogP contribution in [-0.2, 0) is 0 Å². The van der Waals surface area contributed by atoms with E-state index in [1.165, 1.54) is 11.1 Å². The molecule has 11 aromatic carbocycles. The molecule has 14 rings (SSSR count). The maximum Gasteiger partial charge on any atom is 0.159 e. The first-order chi connectivity index (χ1) is 34.2. The highest BCUT2D eigenvalue weighted by Crippen LogP contribution is 2.53. The van der Waals surface area contributed by atoms with E-state index in [-0.39, 0.29) is 0 Å². The van der Waals surface area contributed by atoms with Gasteiger partial charge in [-0.1, -0.05) is 164 Å². The summed E-state index contributed by atoms with van der Waals surface area (Å²) < 4.78 is 20.6. The van der Waals surface area contributed by atoms with Gasteiger partial charge in [-0.3, -0.25) is 0 Å². The number of benzene rings is 11. The lowest BCUT2D eigenvalue weighted by Gasteiger charge is -2.30. The second kappa shape index (κ2) is 15.7. The molecule has 1 aliphatic rings. The number of para-hydroxylation sites is 4. The third-order valence-electron chi connectivity index (χ3n) is 13.6. The Labute approximate surface area is 397 Å². The first-order valence-electron chi connectivity index (χ1n) is 23.3. The number of nitrogens with zero attached hydrogens (tertiary/aromatic N) is 2. The van der Waals surface area contributed by atoms with E-state index in [0.717, 1.165) is 123 Å². The number of anilines is 6. The predicted octanol–water partition coefficient (Wildman–Crippen LogP) is 18.7. The maximum absolute atomic E-state index is 7.20. The van der Waals surface area contributed by atoms with Crippen LogP contribution in [0.2, 0.25) is 0 Å². The fourth-order valence-electron chi connectivity index (χ4n) is 10.4. The monoisotopic (exact) mass is 884 g/mol. The SMILES string of the molecule is c1ccc(-c2ccc(N(c3ccc4c(c3)Oc3cc(N(c5ccc(-c6ccccc6)cc5)c5cccc6c5oc5ccccc56)cc5cccc-4c35)c3cccc4c3oc3ccccc34)cc2)cc1. The van der Waals surface area contributed by atoms with Gasteiger partial charge in [-0.15, -0.1) is 0 Å². The van der Waals surface area contributed by atoms with Crippen LogP contribution in [0.3, 0.4) is 0 Å². The molecule has 0 fully saturated rings. The largest absolute Gasteiger partial charge is 0.456 e. The fraction of sp³-hybridized carbons (Fsp3) is 0. The Hall–Kier alpha value is -9.32. The van der Waals surface area contributed by atoms with Gasteiger partial charge in [0.15, 0.2) is 11.2 Å². The lowest BCUT2D eigenvalue weighted by atomic mass is 9.93. The van der Waals surface area contributed by atoms with Crippen LogP contribution in [0.5, 0.6) is 11.5 Å². The molecular weight excluding hydrogens is 845 g/mol. The van der Waals surface area contributed by atoms with Crippen LogP contribution < -0.4 is 14.5 Å². The van der Waals surface area contributed by atoms with Gasteiger partial charge in [-0.2, -0.15) is 0 Å². The van der Waals surface area contributed by atoms with E-state index >= 15 is 0 Å². The topological polar surface area (TPSA) is 42.0 Å². The van der Waals surface area contributed by atoms with Gasteiger partial charge in [0.1, 0.15) is 22.7 Å². The second-order valence-electron chi connectivity index (χ2n) is 17.6. The molecule has 69 heavy (non-hydrogen) atoms. The zero-order valence-electron chi connectivity index (χ0n) is 37.2. The summed E-state index contributed by atoms with van der Waals surface area (Å²) >= 11 is 0. The first-order valence-corrected chi connectivity index (χ1v) is 23.3. The molecule has 0 spiro atoms. The van der Waals surface area contributed by atoms with Gasteiger partial charge in [0, 0.05) is 56.0 Å². The van der Waals surface area contributed by atoms with Gasteiger partial charge >= 0.3 is 0 Å². The Morgan fingerprint density at radius 3 is 1.33 bits per heavy atom. The second-order valence-corrected chi connectivity index (χ2v) is 17.6. The number of ether oxygens (including phenoxy) is 1. The molecule has 0 atom stereocenters. The summed E-state index contributed by atoms with van der Waals surface area (Å²) in [7, 11) is 0. The van der Waals surface area contributed by atoms with Gasteiger partial charge in [0.2, 0.25) is 0 Å². The molecule has 2 aromatic heterocycles. The molecular formula is C64H40N2O3. The predicted molar refractivity (Wildman–Crippen MR) is 284 cm³/mol. The molecule has 0 N–H and O–H groups in total. The third-order valence-corrected chi connectivity index (χ3v) is 13.6. The average Bonchev–Trinajstić information content (AvgIpc) is 4.00. The molecule has 324 valence electrons. The van der Waals surface area contributed by atoms with Crippen molar-refractivity contribution in [3.05, 3.63) is 243 Å². The Kier molecular flexibility index (Phi) is 8.83. The minimum atomic E-state index is 0.769. The van der Waals surface area contributed by atoms with Crippen LogP contribution in [0.4, 0.5) is 34.1 Å². The Morgan fingerprint density at radius 1 is 0.290 bits per heavy atom. The van der Waals surface area contributed by atoms with Crippen molar-refractivity contribution < 1.29 is 13.6 Å². The van der Waals surface area contributed by atoms with Crippen LogP contribution in [0, 0.1) is 0 Å². The molecule has 0 aliphatic carbocycles. The van der Waals surface area contributed by atoms with Crippen molar-refractivity contribution in [1.29, 1.82) is 0 Å². The lowest BCUT2D eigenvalue weighted by molar-refractivity contribution is 0.487. The van der Waals surface area contributed by atoms with E-state index in [4.69, 9.17) is 13.6 Å². The smallest absolute Gasteiger partial charge is 0.159 e. The number of fused-ring (bicyclic) bond motifs is 8. The third kappa shape index (κ3) is 6.40. The van der Waals surface area contributed by atoms with E-state index in [1.807, 2.05) is 24.3 Å². The first kappa shape index (κ1) is 38.9. The van der Waals surface area contributed by atoms with Gasteiger partial charge in [0.25, 0.3) is 0 Å². The summed E-state index contributed by atoms with van der Waals surface area (Å²) in [4.78, 5) is 4.58. The lowest BCUT2D eigenvalue weighted by Crippen LogP contribution is -2.12. The summed E-state index contributed by atoms with van der Waals surface area (Å²) in [5, 5.41) is 6.45. The van der Waals surface area contributed by atoms with Crippen LogP contribution in [0.25, 0.3) is 88.0 Å². The van der Waals surface area contributed by atoms with Crippen molar-refractivity contribution >= 4 is 88.8 Å². The molecule has 5 nitrogen and oxygen atoms in total. The highest BCUT2D eigenvalue weighted by Gasteiger charge is 2.27. The Balaban J connectivity index is 0.928. The molecule has 13 aromatic rings. The van der Waals surface area contributed by atoms with E-state index in [0.29, 0.717) is 0 Å². The van der Waals surface area contributed by atoms with E-state index < -0.39 is 0 Å². The van der Waals surface area contributed by atoms with E-state index in [2.05, 4.69) is 228 Å². The average molecular weight is 885 g/mol. The molecule has 0 amide bonds. The quantitative estimate of drug-likeness (QED) is 0.152. The summed E-state index contributed by atoms with van der Waals surface area (Å²) in [6.45, 7) is 0. The van der Waals surface area contributed by atoms with Crippen molar-refractivity contribution in [1.82, 2.24) is 0 Å². The zero-order chi connectivity index (χ0) is 45.4. The van der Waals surface area contributed by atoms with E-state index in [9.17, 15) is 0 Å². The molecule has 0 bridgehead atoms. The summed E-state index contributed by atoms with van der Waals surface area (Å²) in [5.74, 6) is 1.55. The van der Waals surface area contributed by atoms with Gasteiger partial charge in [0.05, 0.1) is 22.7 Å². The summed E-state index contributed by atoms with van der Waals surface area (Å²) in [5.41, 5.74) is 15.9. The Morgan fingerprint density at radius 2 is 0.754 bits per heavy atom. The Bertz CT molecular complexity index is 4100. The fourth-order valence-corrected chi connectivity index (χ4v) is 10.4. The number of furan rings is 2. The highest BCUT2D eigenvalue weighted by atomic mass is 16.5. The normalized spacial score (nSPS) is 11.9. The zero-order valence-corrected chi connectivity index (χ0v) is 37.2. The molecule has 0 saturated carbocycles. The number of hydrogen-bond donors (Lipinski definition) is 0. The molecule has 0 unspecified atom stereocenters. The van der Waals surface area contributed by atoms with E-state index in [1.54, 1.807) is 0 Å². The molecule has 1 aliphatic heterocycles. The van der Waals surface area contributed by atoms with Gasteiger partial charge < -0.3 is 23.4 Å². The van der Waals surface area contributed by atoms with Crippen molar-refractivity contribution in [3.8, 4) is 44.9 Å². The van der Waals surface area contributed by atoms with Crippen LogP contribution in [0.1, 0.15) is 0 Å². The molecule has 5 heteroatoms. The molecule has 3 heterocycles. The van der Waals surface area contributed by atoms with Gasteiger partial charge in [-0.05, 0) is 99.9 Å². The van der Waals surface area contributed by atoms with Crippen molar-refractivity contribution in [2.45, 2.75) is 0 Å². The number of rotatable bonds is 8. The molecule has 0 radical (unpaired) electrons. The number of hydrogen-bond acceptors (Lipinski definition) is 5. The van der Waals surface area contributed by atoms with Crippen LogP contribution in [-0.4, -0.2) is 0 Å². The van der Waals surface area contributed by atoms with Crippen LogP contribution >= 0.6 is 0 Å². The highest BCUT2D eigenvalue weighted by molar-refractivity contribution is 6.13. The minimum Gasteiger partial charge on any atom is -0.456 e. The van der Waals surface area contributed by atoms with Crippen molar-refractivity contribution in [2.24, 2.45) is 0 Å². The van der Waals surface area contributed by atoms with Crippen LogP contribution in [0.15, 0.2) is 251 Å².